The second-order valence-corrected chi connectivity index (χ2v) is 8.30. The van der Waals surface area contributed by atoms with Gasteiger partial charge in [0, 0.05) is 43.6 Å². The average molecular weight is 439 g/mol. The van der Waals surface area contributed by atoms with Gasteiger partial charge in [0.05, 0.1) is 18.6 Å². The van der Waals surface area contributed by atoms with Crippen molar-refractivity contribution in [2.24, 2.45) is 0 Å². The molecule has 1 unspecified atom stereocenters. The third-order valence-electron chi connectivity index (χ3n) is 6.26. The van der Waals surface area contributed by atoms with Gasteiger partial charge in [0.25, 0.3) is 0 Å². The second-order valence-electron chi connectivity index (χ2n) is 8.30. The summed E-state index contributed by atoms with van der Waals surface area (Å²) in [5.74, 6) is 3.03. The van der Waals surface area contributed by atoms with Crippen molar-refractivity contribution in [3.8, 4) is 12.3 Å². The minimum atomic E-state index is -0.116. The Morgan fingerprint density at radius 2 is 1.58 bits per heavy atom. The van der Waals surface area contributed by atoms with Gasteiger partial charge >= 0.3 is 0 Å². The van der Waals surface area contributed by atoms with Crippen LogP contribution in [0.5, 0.6) is 0 Å². The number of nitrogens with zero attached hydrogens (tertiary/aromatic N) is 3. The normalized spacial score (nSPS) is 15.2. The van der Waals surface area contributed by atoms with Crippen molar-refractivity contribution in [1.29, 1.82) is 0 Å². The predicted octanol–water partition coefficient (Wildman–Crippen LogP) is 3.59. The van der Waals surface area contributed by atoms with Crippen molar-refractivity contribution in [1.82, 2.24) is 20.1 Å². The number of rotatable bonds is 7. The van der Waals surface area contributed by atoms with E-state index in [-0.39, 0.29) is 24.5 Å². The predicted molar refractivity (Wildman–Crippen MR) is 131 cm³/mol. The molecule has 1 saturated heterocycles. The van der Waals surface area contributed by atoms with Crippen molar-refractivity contribution < 1.29 is 4.79 Å². The highest BCUT2D eigenvalue weighted by molar-refractivity contribution is 5.78. The van der Waals surface area contributed by atoms with Crippen LogP contribution in [-0.2, 0) is 4.79 Å². The Balaban J connectivity index is 1.37. The highest BCUT2D eigenvalue weighted by Crippen LogP contribution is 2.24. The standard InChI is InChI=1S/C28H30N4O/c1-3-26(25-15-10-16-29-22(25)2)31-17-19-32(20-18-31)27(33)21-30-28(23-11-6-4-7-12-23)24-13-8-5-9-14-24/h1,4-16,26,28,30H,17-21H2,2H3. The molecule has 1 amide bonds. The molecule has 2 heterocycles. The first-order chi connectivity index (χ1) is 16.2. The minimum absolute atomic E-state index is 0.0305. The molecule has 0 bridgehead atoms. The highest BCUT2D eigenvalue weighted by atomic mass is 16.2. The number of terminal acetylenes is 1. The number of hydrogen-bond acceptors (Lipinski definition) is 4. The van der Waals surface area contributed by atoms with Gasteiger partial charge in [-0.15, -0.1) is 6.42 Å². The Morgan fingerprint density at radius 1 is 0.970 bits per heavy atom. The summed E-state index contributed by atoms with van der Waals surface area (Å²) in [5.41, 5.74) is 4.31. The molecule has 5 heteroatoms. The van der Waals surface area contributed by atoms with Crippen LogP contribution in [0.15, 0.2) is 79.0 Å². The van der Waals surface area contributed by atoms with Crippen molar-refractivity contribution in [3.63, 3.8) is 0 Å². The first-order valence-corrected chi connectivity index (χ1v) is 11.4. The van der Waals surface area contributed by atoms with E-state index in [1.165, 1.54) is 0 Å². The van der Waals surface area contributed by atoms with Gasteiger partial charge in [0.2, 0.25) is 5.91 Å². The molecule has 4 rings (SSSR count). The molecule has 0 spiro atoms. The molecule has 1 aliphatic heterocycles. The zero-order valence-corrected chi connectivity index (χ0v) is 19.0. The van der Waals surface area contributed by atoms with Crippen LogP contribution in [0.4, 0.5) is 0 Å². The molecular weight excluding hydrogens is 408 g/mol. The van der Waals surface area contributed by atoms with Crippen LogP contribution in [-0.4, -0.2) is 53.4 Å². The van der Waals surface area contributed by atoms with Gasteiger partial charge in [-0.1, -0.05) is 72.7 Å². The van der Waals surface area contributed by atoms with Gasteiger partial charge < -0.3 is 4.90 Å². The molecule has 0 aliphatic carbocycles. The Hall–Kier alpha value is -3.46. The number of pyridine rings is 1. The maximum atomic E-state index is 13.0. The first-order valence-electron chi connectivity index (χ1n) is 11.4. The van der Waals surface area contributed by atoms with E-state index in [2.05, 4.69) is 45.4 Å². The van der Waals surface area contributed by atoms with E-state index in [0.717, 1.165) is 35.5 Å². The summed E-state index contributed by atoms with van der Waals surface area (Å²) >= 11 is 0. The van der Waals surface area contributed by atoms with Gasteiger partial charge in [0.15, 0.2) is 0 Å². The van der Waals surface area contributed by atoms with E-state index in [1.807, 2.05) is 60.4 Å². The summed E-state index contributed by atoms with van der Waals surface area (Å²) in [6.07, 6.45) is 7.67. The van der Waals surface area contributed by atoms with Gasteiger partial charge in [0.1, 0.15) is 0 Å². The molecule has 3 aromatic rings. The molecule has 2 aromatic carbocycles. The topological polar surface area (TPSA) is 48.5 Å². The fourth-order valence-electron chi connectivity index (χ4n) is 4.43. The van der Waals surface area contributed by atoms with E-state index in [0.29, 0.717) is 13.1 Å². The lowest BCUT2D eigenvalue weighted by molar-refractivity contribution is -0.132. The second kappa shape index (κ2) is 10.9. The lowest BCUT2D eigenvalue weighted by Crippen LogP contribution is -2.51. The van der Waals surface area contributed by atoms with Crippen LogP contribution in [0.25, 0.3) is 0 Å². The van der Waals surface area contributed by atoms with Gasteiger partial charge in [-0.3, -0.25) is 20.0 Å². The zero-order chi connectivity index (χ0) is 23.0. The lowest BCUT2D eigenvalue weighted by Gasteiger charge is -2.38. The van der Waals surface area contributed by atoms with E-state index >= 15 is 0 Å². The van der Waals surface area contributed by atoms with Crippen LogP contribution in [0, 0.1) is 19.3 Å². The van der Waals surface area contributed by atoms with Crippen LogP contribution in [0.2, 0.25) is 0 Å². The molecule has 1 aliphatic rings. The molecule has 0 saturated carbocycles. The van der Waals surface area contributed by atoms with E-state index in [4.69, 9.17) is 6.42 Å². The summed E-state index contributed by atoms with van der Waals surface area (Å²) in [6.45, 7) is 5.10. The number of nitrogens with one attached hydrogen (secondary N) is 1. The highest BCUT2D eigenvalue weighted by Gasteiger charge is 2.27. The third-order valence-corrected chi connectivity index (χ3v) is 6.26. The van der Waals surface area contributed by atoms with Crippen LogP contribution in [0.1, 0.15) is 34.5 Å². The van der Waals surface area contributed by atoms with Gasteiger partial charge in [-0.2, -0.15) is 0 Å². The number of hydrogen-bond donors (Lipinski definition) is 1. The molecule has 1 N–H and O–H groups in total. The molecule has 1 fully saturated rings. The first kappa shape index (κ1) is 22.7. The molecular formula is C28H30N4O. The van der Waals surface area contributed by atoms with Crippen LogP contribution < -0.4 is 5.32 Å². The van der Waals surface area contributed by atoms with Crippen molar-refractivity contribution in [2.75, 3.05) is 32.7 Å². The monoisotopic (exact) mass is 438 g/mol. The molecule has 33 heavy (non-hydrogen) atoms. The number of amides is 1. The maximum Gasteiger partial charge on any atom is 0.236 e. The van der Waals surface area contributed by atoms with Crippen molar-refractivity contribution >= 4 is 5.91 Å². The molecule has 0 radical (unpaired) electrons. The van der Waals surface area contributed by atoms with Gasteiger partial charge in [-0.05, 0) is 24.1 Å². The van der Waals surface area contributed by atoms with Crippen molar-refractivity contribution in [2.45, 2.75) is 19.0 Å². The Morgan fingerprint density at radius 3 is 2.12 bits per heavy atom. The van der Waals surface area contributed by atoms with E-state index < -0.39 is 0 Å². The molecule has 1 atom stereocenters. The number of piperazine rings is 1. The Labute approximate surface area is 196 Å². The number of aromatic nitrogens is 1. The fraction of sp³-hybridized carbons (Fsp3) is 0.286. The van der Waals surface area contributed by atoms with E-state index in [1.54, 1.807) is 6.20 Å². The summed E-state index contributed by atoms with van der Waals surface area (Å²) in [4.78, 5) is 21.6. The molecule has 5 nitrogen and oxygen atoms in total. The summed E-state index contributed by atoms with van der Waals surface area (Å²) in [5, 5.41) is 3.48. The lowest BCUT2D eigenvalue weighted by atomic mass is 9.99. The fourth-order valence-corrected chi connectivity index (χ4v) is 4.43. The number of carbonyl (C=O) groups is 1. The Kier molecular flexibility index (Phi) is 7.51. The van der Waals surface area contributed by atoms with Crippen LogP contribution in [0.3, 0.4) is 0 Å². The van der Waals surface area contributed by atoms with E-state index in [9.17, 15) is 4.79 Å². The van der Waals surface area contributed by atoms with Crippen LogP contribution >= 0.6 is 0 Å². The smallest absolute Gasteiger partial charge is 0.236 e. The van der Waals surface area contributed by atoms with Crippen molar-refractivity contribution in [3.05, 3.63) is 101 Å². The Bertz CT molecular complexity index is 1050. The summed E-state index contributed by atoms with van der Waals surface area (Å²) in [7, 11) is 0. The van der Waals surface area contributed by atoms with Gasteiger partial charge in [-0.25, -0.2) is 0 Å². The maximum absolute atomic E-state index is 13.0. The molecule has 1 aromatic heterocycles. The third kappa shape index (κ3) is 5.48. The summed E-state index contributed by atoms with van der Waals surface area (Å²) in [6, 6.07) is 24.3. The average Bonchev–Trinajstić information content (AvgIpc) is 2.87. The minimum Gasteiger partial charge on any atom is -0.339 e. The SMILES string of the molecule is C#CC(c1cccnc1C)N1CCN(C(=O)CNC(c2ccccc2)c2ccccc2)CC1. The number of carbonyl (C=O) groups excluding carboxylic acids is 1. The quantitative estimate of drug-likeness (QED) is 0.573. The largest absolute Gasteiger partial charge is 0.339 e. The molecule has 168 valence electrons. The zero-order valence-electron chi connectivity index (χ0n) is 19.0. The number of aryl methyl sites for hydroxylation is 1. The number of benzene rings is 2. The summed E-state index contributed by atoms with van der Waals surface area (Å²) < 4.78 is 0.